The first-order valence-corrected chi connectivity index (χ1v) is 12.5. The molecule has 31 heavy (non-hydrogen) atoms. The number of morpholine rings is 1. The molecule has 1 saturated heterocycles. The van der Waals surface area contributed by atoms with E-state index in [1.54, 1.807) is 36.1 Å². The summed E-state index contributed by atoms with van der Waals surface area (Å²) in [5, 5.41) is 2.86. The van der Waals surface area contributed by atoms with E-state index in [2.05, 4.69) is 10.0 Å². The average molecular weight is 452 g/mol. The first kappa shape index (κ1) is 23.7. The monoisotopic (exact) mass is 451 g/mol. The predicted octanol–water partition coefficient (Wildman–Crippen LogP) is 1.44. The lowest BCUT2D eigenvalue weighted by atomic mass is 9.81. The fourth-order valence-corrected chi connectivity index (χ4v) is 5.22. The molecular weight excluding hydrogens is 418 g/mol. The van der Waals surface area contributed by atoms with Gasteiger partial charge < -0.3 is 15.0 Å². The fourth-order valence-electron chi connectivity index (χ4n) is 4.11. The van der Waals surface area contributed by atoms with Gasteiger partial charge in [-0.15, -0.1) is 0 Å². The Kier molecular flexibility index (Phi) is 8.07. The van der Waals surface area contributed by atoms with E-state index in [4.69, 9.17) is 4.74 Å². The Balaban J connectivity index is 1.42. The van der Waals surface area contributed by atoms with Gasteiger partial charge in [0.25, 0.3) is 0 Å². The summed E-state index contributed by atoms with van der Waals surface area (Å²) in [5.74, 6) is -0.0924. The molecule has 2 aliphatic rings. The van der Waals surface area contributed by atoms with Crippen LogP contribution in [0, 0.1) is 18.8 Å². The highest BCUT2D eigenvalue weighted by molar-refractivity contribution is 7.89. The van der Waals surface area contributed by atoms with Crippen molar-refractivity contribution in [1.29, 1.82) is 0 Å². The van der Waals surface area contributed by atoms with Gasteiger partial charge in [-0.05, 0) is 57.6 Å². The van der Waals surface area contributed by atoms with Crippen molar-refractivity contribution in [2.75, 3.05) is 32.8 Å². The second-order valence-electron chi connectivity index (χ2n) is 8.55. The van der Waals surface area contributed by atoms with E-state index in [0.29, 0.717) is 45.7 Å². The van der Waals surface area contributed by atoms with E-state index in [1.165, 1.54) is 0 Å². The summed E-state index contributed by atoms with van der Waals surface area (Å²) in [6.45, 7) is 6.19. The molecule has 172 valence electrons. The largest absolute Gasteiger partial charge is 0.378 e. The maximum absolute atomic E-state index is 12.6. The van der Waals surface area contributed by atoms with Gasteiger partial charge in [0.1, 0.15) is 6.04 Å². The SMILES string of the molecule is Cc1ccc(S(=O)(=O)NCC2CCC(C(=O)N[C@@H](C)C(=O)N3CCOCC3)CC2)cc1. The van der Waals surface area contributed by atoms with Crippen molar-refractivity contribution in [1.82, 2.24) is 14.9 Å². The van der Waals surface area contributed by atoms with Crippen LogP contribution in [0.1, 0.15) is 38.2 Å². The summed E-state index contributed by atoms with van der Waals surface area (Å²) in [4.78, 5) is 27.1. The zero-order chi connectivity index (χ0) is 22.4. The lowest BCUT2D eigenvalue weighted by molar-refractivity contribution is -0.140. The molecule has 1 aliphatic carbocycles. The third kappa shape index (κ3) is 6.51. The van der Waals surface area contributed by atoms with Crippen molar-refractivity contribution in [3.63, 3.8) is 0 Å². The molecule has 0 unspecified atom stereocenters. The Morgan fingerprint density at radius 2 is 1.71 bits per heavy atom. The van der Waals surface area contributed by atoms with Gasteiger partial charge in [0.05, 0.1) is 18.1 Å². The highest BCUT2D eigenvalue weighted by atomic mass is 32.2. The van der Waals surface area contributed by atoms with Crippen molar-refractivity contribution in [2.45, 2.75) is 50.5 Å². The third-order valence-corrected chi connectivity index (χ3v) is 7.60. The first-order chi connectivity index (χ1) is 14.8. The Morgan fingerprint density at radius 1 is 1.10 bits per heavy atom. The number of nitrogens with one attached hydrogen (secondary N) is 2. The molecule has 1 aliphatic heterocycles. The Hall–Kier alpha value is -1.97. The minimum absolute atomic E-state index is 0.0733. The van der Waals surface area contributed by atoms with Crippen LogP contribution in [0.15, 0.2) is 29.2 Å². The molecule has 3 rings (SSSR count). The molecule has 0 aromatic heterocycles. The van der Waals surface area contributed by atoms with Crippen LogP contribution in [0.3, 0.4) is 0 Å². The number of hydrogen-bond acceptors (Lipinski definition) is 5. The Morgan fingerprint density at radius 3 is 2.32 bits per heavy atom. The summed E-state index contributed by atoms with van der Waals surface area (Å²) < 4.78 is 32.9. The maximum Gasteiger partial charge on any atom is 0.245 e. The molecule has 9 heteroatoms. The minimum atomic E-state index is -3.52. The molecule has 1 heterocycles. The zero-order valence-corrected chi connectivity index (χ0v) is 19.1. The van der Waals surface area contributed by atoms with Crippen LogP contribution in [0.5, 0.6) is 0 Å². The number of ether oxygens (including phenoxy) is 1. The minimum Gasteiger partial charge on any atom is -0.378 e. The average Bonchev–Trinajstić information content (AvgIpc) is 2.78. The number of hydrogen-bond donors (Lipinski definition) is 2. The predicted molar refractivity (Wildman–Crippen MR) is 117 cm³/mol. The van der Waals surface area contributed by atoms with Gasteiger partial charge in [-0.2, -0.15) is 0 Å². The van der Waals surface area contributed by atoms with Crippen molar-refractivity contribution in [3.8, 4) is 0 Å². The van der Waals surface area contributed by atoms with Crippen LogP contribution < -0.4 is 10.0 Å². The van der Waals surface area contributed by atoms with Crippen LogP contribution in [0.4, 0.5) is 0 Å². The van der Waals surface area contributed by atoms with Crippen molar-refractivity contribution in [3.05, 3.63) is 29.8 Å². The normalized spacial score (nSPS) is 23.2. The van der Waals surface area contributed by atoms with Gasteiger partial charge in [0, 0.05) is 25.6 Å². The molecule has 8 nitrogen and oxygen atoms in total. The van der Waals surface area contributed by atoms with Gasteiger partial charge in [0.2, 0.25) is 21.8 Å². The molecule has 0 radical (unpaired) electrons. The number of benzene rings is 1. The Labute approximate surface area is 184 Å². The van der Waals surface area contributed by atoms with Crippen LogP contribution in [0.25, 0.3) is 0 Å². The molecule has 1 atom stereocenters. The van der Waals surface area contributed by atoms with E-state index in [9.17, 15) is 18.0 Å². The van der Waals surface area contributed by atoms with Gasteiger partial charge in [-0.1, -0.05) is 17.7 Å². The smallest absolute Gasteiger partial charge is 0.245 e. The van der Waals surface area contributed by atoms with Crippen molar-refractivity contribution >= 4 is 21.8 Å². The summed E-state index contributed by atoms with van der Waals surface area (Å²) in [6, 6.07) is 6.23. The highest BCUT2D eigenvalue weighted by Crippen LogP contribution is 2.29. The molecule has 2 amide bonds. The molecule has 1 saturated carbocycles. The zero-order valence-electron chi connectivity index (χ0n) is 18.3. The number of nitrogens with zero attached hydrogens (tertiary/aromatic N) is 1. The van der Waals surface area contributed by atoms with Crippen LogP contribution >= 0.6 is 0 Å². The summed E-state index contributed by atoms with van der Waals surface area (Å²) in [6.07, 6.45) is 2.95. The molecule has 0 spiro atoms. The van der Waals surface area contributed by atoms with Crippen molar-refractivity contribution < 1.29 is 22.7 Å². The van der Waals surface area contributed by atoms with Crippen LogP contribution in [-0.2, 0) is 24.3 Å². The molecular formula is C22H33N3O5S. The van der Waals surface area contributed by atoms with E-state index in [1.807, 2.05) is 6.92 Å². The fraction of sp³-hybridized carbons (Fsp3) is 0.636. The first-order valence-electron chi connectivity index (χ1n) is 11.0. The van der Waals surface area contributed by atoms with E-state index < -0.39 is 16.1 Å². The Bertz CT molecular complexity index is 858. The molecule has 1 aromatic carbocycles. The second-order valence-corrected chi connectivity index (χ2v) is 10.3. The highest BCUT2D eigenvalue weighted by Gasteiger charge is 2.30. The number of carbonyl (C=O) groups is 2. The second kappa shape index (κ2) is 10.6. The maximum atomic E-state index is 12.6. The van der Waals surface area contributed by atoms with E-state index >= 15 is 0 Å². The number of aryl methyl sites for hydroxylation is 1. The topological polar surface area (TPSA) is 105 Å². The number of rotatable bonds is 7. The number of amides is 2. The number of sulfonamides is 1. The molecule has 2 fully saturated rings. The third-order valence-electron chi connectivity index (χ3n) is 6.16. The van der Waals surface area contributed by atoms with Gasteiger partial charge in [0.15, 0.2) is 0 Å². The lowest BCUT2D eigenvalue weighted by Crippen LogP contribution is -2.51. The van der Waals surface area contributed by atoms with Gasteiger partial charge >= 0.3 is 0 Å². The summed E-state index contributed by atoms with van der Waals surface area (Å²) in [7, 11) is -3.52. The molecule has 2 N–H and O–H groups in total. The van der Waals surface area contributed by atoms with Crippen LogP contribution in [0.2, 0.25) is 0 Å². The van der Waals surface area contributed by atoms with E-state index in [0.717, 1.165) is 18.4 Å². The quantitative estimate of drug-likeness (QED) is 0.653. The van der Waals surface area contributed by atoms with Crippen LogP contribution in [-0.4, -0.2) is 64.0 Å². The van der Waals surface area contributed by atoms with Crippen molar-refractivity contribution in [2.24, 2.45) is 11.8 Å². The lowest BCUT2D eigenvalue weighted by Gasteiger charge is -2.31. The van der Waals surface area contributed by atoms with Gasteiger partial charge in [-0.3, -0.25) is 9.59 Å². The van der Waals surface area contributed by atoms with Gasteiger partial charge in [-0.25, -0.2) is 13.1 Å². The molecule has 1 aromatic rings. The summed E-state index contributed by atoms with van der Waals surface area (Å²) >= 11 is 0. The summed E-state index contributed by atoms with van der Waals surface area (Å²) in [5.41, 5.74) is 1.01. The number of carbonyl (C=O) groups excluding carboxylic acids is 2. The van der Waals surface area contributed by atoms with E-state index in [-0.39, 0.29) is 28.5 Å². The standard InChI is InChI=1S/C22H33N3O5S/c1-16-3-9-20(10-4-16)31(28,29)23-15-18-5-7-19(8-6-18)21(26)24-17(2)22(27)25-11-13-30-14-12-25/h3-4,9-10,17-19,23H,5-8,11-15H2,1-2H3,(H,24,26)/t17-,18?,19?/m0/s1. The molecule has 0 bridgehead atoms.